The van der Waals surface area contributed by atoms with Crippen LogP contribution in [0.4, 0.5) is 0 Å². The summed E-state index contributed by atoms with van der Waals surface area (Å²) in [6.45, 7) is 0.608. The van der Waals surface area contributed by atoms with Gasteiger partial charge < -0.3 is 11.6 Å². The van der Waals surface area contributed by atoms with Crippen LogP contribution in [0.5, 0.6) is 0 Å². The van der Waals surface area contributed by atoms with E-state index in [1.165, 1.54) is 17.3 Å². The number of thioether (sulfide) groups is 1. The molecular weight excluding hydrogens is 246 g/mol. The Morgan fingerprint density at radius 2 is 1.89 bits per heavy atom. The fraction of sp³-hybridized carbons (Fsp3) is 0.333. The Labute approximate surface area is 111 Å². The van der Waals surface area contributed by atoms with Gasteiger partial charge in [-0.1, -0.05) is 42.1 Å². The summed E-state index contributed by atoms with van der Waals surface area (Å²) in [5.74, 6) is 7.54. The maximum Gasteiger partial charge on any atom is 0.209 e. The van der Waals surface area contributed by atoms with E-state index in [0.29, 0.717) is 6.54 Å². The molecule has 0 atom stereocenters. The van der Waals surface area contributed by atoms with E-state index in [0.717, 1.165) is 29.6 Å². The van der Waals surface area contributed by atoms with Crippen LogP contribution in [0, 0.1) is 0 Å². The Morgan fingerprint density at radius 1 is 1.11 bits per heavy atom. The fourth-order valence-corrected chi connectivity index (χ4v) is 2.27. The normalized spacial score (nSPS) is 10.7. The second kappa shape index (κ2) is 6.42. The van der Waals surface area contributed by atoms with Crippen molar-refractivity contribution in [3.63, 3.8) is 0 Å². The minimum atomic E-state index is 0.608. The van der Waals surface area contributed by atoms with Crippen LogP contribution in [0.2, 0.25) is 0 Å². The van der Waals surface area contributed by atoms with E-state index >= 15 is 0 Å². The number of hydrogen-bond donors (Lipinski definition) is 2. The summed E-state index contributed by atoms with van der Waals surface area (Å²) in [4.78, 5) is 0. The molecule has 2 aromatic rings. The van der Waals surface area contributed by atoms with E-state index in [4.69, 9.17) is 11.6 Å². The van der Waals surface area contributed by atoms with Crippen molar-refractivity contribution in [3.05, 3.63) is 41.7 Å². The van der Waals surface area contributed by atoms with Crippen LogP contribution in [0.1, 0.15) is 11.4 Å². The molecule has 1 aromatic heterocycles. The number of nitrogen functional groups attached to an aromatic ring is 1. The molecule has 0 unspecified atom stereocenters. The Kier molecular flexibility index (Phi) is 4.60. The summed E-state index contributed by atoms with van der Waals surface area (Å²) in [5, 5.41) is 8.90. The molecule has 0 fully saturated rings. The van der Waals surface area contributed by atoms with Crippen molar-refractivity contribution in [2.75, 3.05) is 18.1 Å². The lowest BCUT2D eigenvalue weighted by Crippen LogP contribution is -2.15. The topological polar surface area (TPSA) is 82.8 Å². The van der Waals surface area contributed by atoms with E-state index in [1.54, 1.807) is 4.68 Å². The van der Waals surface area contributed by atoms with Crippen LogP contribution in [0.3, 0.4) is 0 Å². The van der Waals surface area contributed by atoms with Crippen LogP contribution in [0.15, 0.2) is 35.5 Å². The van der Waals surface area contributed by atoms with Gasteiger partial charge in [-0.05, 0) is 12.0 Å². The summed E-state index contributed by atoms with van der Waals surface area (Å²) in [6.07, 6.45) is 1.70. The predicted molar refractivity (Wildman–Crippen MR) is 73.8 cm³/mol. The molecule has 1 heterocycles. The van der Waals surface area contributed by atoms with Crippen LogP contribution < -0.4 is 11.6 Å². The third-order valence-corrected chi connectivity index (χ3v) is 3.54. The quantitative estimate of drug-likeness (QED) is 0.596. The minimum absolute atomic E-state index is 0.608. The molecule has 0 aliphatic heterocycles. The smallest absolute Gasteiger partial charge is 0.209 e. The number of nitrogens with two attached hydrogens (primary N) is 2. The number of hydrogen-bond acceptors (Lipinski definition) is 5. The molecule has 1 aromatic carbocycles. The van der Waals surface area contributed by atoms with E-state index < -0.39 is 0 Å². The van der Waals surface area contributed by atoms with Crippen LogP contribution in [0.25, 0.3) is 0 Å². The standard InChI is InChI=1S/C12H17N5S/c13-8-9-18-12-16-15-11(17(12)14)7-6-10-4-2-1-3-5-10/h1-5H,6-9,13-14H2. The molecule has 0 saturated carbocycles. The molecule has 18 heavy (non-hydrogen) atoms. The second-order valence-corrected chi connectivity index (χ2v) is 4.95. The first kappa shape index (κ1) is 12.9. The van der Waals surface area contributed by atoms with Gasteiger partial charge in [0.25, 0.3) is 0 Å². The average molecular weight is 263 g/mol. The van der Waals surface area contributed by atoms with E-state index in [-0.39, 0.29) is 0 Å². The van der Waals surface area contributed by atoms with Gasteiger partial charge in [0.1, 0.15) is 0 Å². The predicted octanol–water partition coefficient (Wildman–Crippen LogP) is 0.828. The summed E-state index contributed by atoms with van der Waals surface area (Å²) in [6, 6.07) is 10.3. The van der Waals surface area contributed by atoms with Crippen molar-refractivity contribution in [1.29, 1.82) is 0 Å². The molecule has 96 valence electrons. The van der Waals surface area contributed by atoms with Crippen molar-refractivity contribution >= 4 is 11.8 Å². The summed E-state index contributed by atoms with van der Waals surface area (Å²) in [7, 11) is 0. The van der Waals surface area contributed by atoms with Gasteiger partial charge in [0.2, 0.25) is 5.16 Å². The van der Waals surface area contributed by atoms with Gasteiger partial charge in [-0.2, -0.15) is 0 Å². The maximum atomic E-state index is 5.94. The monoisotopic (exact) mass is 263 g/mol. The lowest BCUT2D eigenvalue weighted by molar-refractivity contribution is 0.767. The highest BCUT2D eigenvalue weighted by Crippen LogP contribution is 2.14. The van der Waals surface area contributed by atoms with E-state index in [2.05, 4.69) is 22.3 Å². The molecule has 6 heteroatoms. The number of aromatic nitrogens is 3. The van der Waals surface area contributed by atoms with Crippen LogP contribution in [-0.4, -0.2) is 27.2 Å². The van der Waals surface area contributed by atoms with Crippen molar-refractivity contribution in [2.45, 2.75) is 18.0 Å². The maximum absolute atomic E-state index is 5.94. The summed E-state index contributed by atoms with van der Waals surface area (Å²) < 4.78 is 1.56. The van der Waals surface area contributed by atoms with Crippen LogP contribution >= 0.6 is 11.8 Å². The number of nitrogens with zero attached hydrogens (tertiary/aromatic N) is 3. The number of rotatable bonds is 6. The van der Waals surface area contributed by atoms with Crippen molar-refractivity contribution in [2.24, 2.45) is 5.73 Å². The zero-order chi connectivity index (χ0) is 12.8. The van der Waals surface area contributed by atoms with Gasteiger partial charge in [-0.3, -0.25) is 0 Å². The summed E-state index contributed by atoms with van der Waals surface area (Å²) >= 11 is 1.53. The third-order valence-electron chi connectivity index (χ3n) is 2.56. The SMILES string of the molecule is NCCSc1nnc(CCc2ccccc2)n1N. The Balaban J connectivity index is 1.95. The molecule has 0 aliphatic rings. The molecule has 0 radical (unpaired) electrons. The minimum Gasteiger partial charge on any atom is -0.336 e. The largest absolute Gasteiger partial charge is 0.336 e. The van der Waals surface area contributed by atoms with Crippen molar-refractivity contribution < 1.29 is 0 Å². The molecule has 0 spiro atoms. The second-order valence-electron chi connectivity index (χ2n) is 3.89. The van der Waals surface area contributed by atoms with Gasteiger partial charge in [-0.15, -0.1) is 10.2 Å². The van der Waals surface area contributed by atoms with Gasteiger partial charge >= 0.3 is 0 Å². The van der Waals surface area contributed by atoms with Crippen LogP contribution in [-0.2, 0) is 12.8 Å². The zero-order valence-electron chi connectivity index (χ0n) is 10.1. The van der Waals surface area contributed by atoms with E-state index in [1.807, 2.05) is 18.2 Å². The van der Waals surface area contributed by atoms with Gasteiger partial charge in [0.05, 0.1) is 0 Å². The first-order valence-corrected chi connectivity index (χ1v) is 6.86. The molecule has 0 aliphatic carbocycles. The highest BCUT2D eigenvalue weighted by Gasteiger charge is 2.09. The summed E-state index contributed by atoms with van der Waals surface area (Å²) in [5.41, 5.74) is 6.72. The number of aryl methyl sites for hydroxylation is 2. The van der Waals surface area contributed by atoms with Gasteiger partial charge in [0.15, 0.2) is 5.82 Å². The van der Waals surface area contributed by atoms with E-state index in [9.17, 15) is 0 Å². The van der Waals surface area contributed by atoms with Crippen molar-refractivity contribution in [3.8, 4) is 0 Å². The molecule has 2 rings (SSSR count). The first-order chi connectivity index (χ1) is 8.81. The molecule has 0 bridgehead atoms. The molecular formula is C12H17N5S. The highest BCUT2D eigenvalue weighted by molar-refractivity contribution is 7.99. The fourth-order valence-electron chi connectivity index (χ4n) is 1.63. The Bertz CT molecular complexity index is 482. The van der Waals surface area contributed by atoms with Gasteiger partial charge in [0, 0.05) is 18.7 Å². The first-order valence-electron chi connectivity index (χ1n) is 5.87. The number of benzene rings is 1. The Morgan fingerprint density at radius 3 is 2.61 bits per heavy atom. The molecule has 0 amide bonds. The Hall–Kier alpha value is -1.53. The lowest BCUT2D eigenvalue weighted by Gasteiger charge is -2.03. The van der Waals surface area contributed by atoms with Crippen molar-refractivity contribution in [1.82, 2.24) is 14.9 Å². The highest BCUT2D eigenvalue weighted by atomic mass is 32.2. The molecule has 4 N–H and O–H groups in total. The van der Waals surface area contributed by atoms with Gasteiger partial charge in [-0.25, -0.2) is 4.68 Å². The lowest BCUT2D eigenvalue weighted by atomic mass is 10.1. The third kappa shape index (κ3) is 3.24. The molecule has 5 nitrogen and oxygen atoms in total. The molecule has 0 saturated heterocycles. The average Bonchev–Trinajstić information content (AvgIpc) is 2.76. The zero-order valence-corrected chi connectivity index (χ0v) is 10.9.